The van der Waals surface area contributed by atoms with Gasteiger partial charge < -0.3 is 4.90 Å². The molecule has 1 aromatic heterocycles. The fraction of sp³-hybridized carbons (Fsp3) is 0.190. The van der Waals surface area contributed by atoms with Crippen LogP contribution in [0.1, 0.15) is 16.7 Å². The van der Waals surface area contributed by atoms with E-state index in [9.17, 15) is 8.42 Å². The molecule has 2 aromatic carbocycles. The molecule has 3 aromatic rings. The highest BCUT2D eigenvalue weighted by molar-refractivity contribution is 7.85. The first-order valence-corrected chi connectivity index (χ1v) is 10.5. The van der Waals surface area contributed by atoms with E-state index in [-0.39, 0.29) is 18.0 Å². The van der Waals surface area contributed by atoms with E-state index in [1.165, 1.54) is 12.3 Å². The monoisotopic (exact) mass is 400 g/mol. The summed E-state index contributed by atoms with van der Waals surface area (Å²) in [6.07, 6.45) is 2.40. The fourth-order valence-electron chi connectivity index (χ4n) is 2.79. The van der Waals surface area contributed by atoms with Crippen molar-refractivity contribution in [2.75, 3.05) is 11.2 Å². The zero-order chi connectivity index (χ0) is 20.0. The van der Waals surface area contributed by atoms with Crippen molar-refractivity contribution in [2.24, 2.45) is 0 Å². The highest BCUT2D eigenvalue weighted by Gasteiger charge is 2.18. The minimum atomic E-state index is -3.67. The second-order valence-corrected chi connectivity index (χ2v) is 8.05. The largest absolute Gasteiger partial charge is 0.346 e. The van der Waals surface area contributed by atoms with Gasteiger partial charge in [0.1, 0.15) is 0 Å². The van der Waals surface area contributed by atoms with E-state index in [0.29, 0.717) is 13.1 Å². The predicted molar refractivity (Wildman–Crippen MR) is 107 cm³/mol. The second kappa shape index (κ2) is 8.95. The highest BCUT2D eigenvalue weighted by atomic mass is 32.2. The Morgan fingerprint density at radius 3 is 1.96 bits per heavy atom. The maximum absolute atomic E-state index is 15.1. The molecule has 0 atom stereocenters. The van der Waals surface area contributed by atoms with Gasteiger partial charge in [0, 0.05) is 24.8 Å². The van der Waals surface area contributed by atoms with Crippen LogP contribution in [-0.2, 0) is 34.0 Å². The summed E-state index contributed by atoms with van der Waals surface area (Å²) in [6.45, 7) is 0.538. The summed E-state index contributed by atoms with van der Waals surface area (Å²) in [5.74, 6) is -0.430. The smallest absolute Gasteiger partial charge is 0.264 e. The van der Waals surface area contributed by atoms with Crippen LogP contribution in [0.3, 0.4) is 0 Å². The van der Waals surface area contributed by atoms with Crippen molar-refractivity contribution >= 4 is 15.9 Å². The van der Waals surface area contributed by atoms with E-state index in [1.807, 2.05) is 65.6 Å². The lowest BCUT2D eigenvalue weighted by molar-refractivity contribution is 0.305. The Bertz CT molecular complexity index is 971. The summed E-state index contributed by atoms with van der Waals surface area (Å²) < 4.78 is 42.4. The number of benzene rings is 2. The molecule has 0 radical (unpaired) electrons. The van der Waals surface area contributed by atoms with E-state index in [2.05, 4.69) is 4.98 Å². The fourth-order valence-corrected chi connectivity index (χ4v) is 3.13. The lowest BCUT2D eigenvalue weighted by atomic mass is 10.1. The summed E-state index contributed by atoms with van der Waals surface area (Å²) in [6, 6.07) is 20.8. The number of pyridine rings is 1. The van der Waals surface area contributed by atoms with Gasteiger partial charge in [-0.25, -0.2) is 9.37 Å². The van der Waals surface area contributed by atoms with Crippen LogP contribution in [0.5, 0.6) is 0 Å². The first-order chi connectivity index (χ1) is 13.4. The average Bonchev–Trinajstić information content (AvgIpc) is 2.68. The maximum atomic E-state index is 15.1. The molecule has 5 nitrogen and oxygen atoms in total. The van der Waals surface area contributed by atoms with Crippen molar-refractivity contribution in [3.63, 3.8) is 0 Å². The predicted octanol–water partition coefficient (Wildman–Crippen LogP) is 3.90. The molecule has 0 spiro atoms. The van der Waals surface area contributed by atoms with Gasteiger partial charge in [0.25, 0.3) is 10.1 Å². The third-order valence-corrected chi connectivity index (χ3v) is 4.66. The van der Waals surface area contributed by atoms with Crippen LogP contribution in [0, 0.1) is 5.82 Å². The van der Waals surface area contributed by atoms with E-state index < -0.39 is 15.9 Å². The number of aromatic nitrogens is 1. The van der Waals surface area contributed by atoms with Gasteiger partial charge in [0.15, 0.2) is 11.6 Å². The highest BCUT2D eigenvalue weighted by Crippen LogP contribution is 2.24. The minimum absolute atomic E-state index is 0.140. The van der Waals surface area contributed by atoms with Gasteiger partial charge in [-0.05, 0) is 17.2 Å². The number of hydrogen-bond acceptors (Lipinski definition) is 5. The summed E-state index contributed by atoms with van der Waals surface area (Å²) in [4.78, 5) is 6.05. The Kier molecular flexibility index (Phi) is 6.38. The van der Waals surface area contributed by atoms with Crippen molar-refractivity contribution in [1.29, 1.82) is 0 Å². The quantitative estimate of drug-likeness (QED) is 0.537. The average molecular weight is 400 g/mol. The Balaban J connectivity index is 1.92. The molecule has 0 aliphatic carbocycles. The zero-order valence-corrected chi connectivity index (χ0v) is 16.3. The van der Waals surface area contributed by atoms with Crippen molar-refractivity contribution in [1.82, 2.24) is 4.98 Å². The molecule has 3 rings (SSSR count). The molecular formula is C21H21FN2O3S. The van der Waals surface area contributed by atoms with Gasteiger partial charge in [-0.15, -0.1) is 0 Å². The lowest BCUT2D eigenvalue weighted by Gasteiger charge is -2.25. The van der Waals surface area contributed by atoms with E-state index in [4.69, 9.17) is 4.18 Å². The molecule has 0 fully saturated rings. The lowest BCUT2D eigenvalue weighted by Crippen LogP contribution is -2.25. The molecule has 0 N–H and O–H groups in total. The SMILES string of the molecule is CS(=O)(=O)OCc1ccnc(N(Cc2ccccc2)Cc2ccccc2)c1F. The molecule has 1 heterocycles. The Morgan fingerprint density at radius 2 is 1.46 bits per heavy atom. The number of anilines is 1. The zero-order valence-electron chi connectivity index (χ0n) is 15.5. The van der Waals surface area contributed by atoms with Crippen molar-refractivity contribution in [2.45, 2.75) is 19.7 Å². The van der Waals surface area contributed by atoms with Gasteiger partial charge in [-0.3, -0.25) is 4.18 Å². The van der Waals surface area contributed by atoms with E-state index in [0.717, 1.165) is 17.4 Å². The number of nitrogens with zero attached hydrogens (tertiary/aromatic N) is 2. The standard InChI is InChI=1S/C21H21FN2O3S/c1-28(25,26)27-16-19-12-13-23-21(20(19)22)24(14-17-8-4-2-5-9-17)15-18-10-6-3-7-11-18/h2-13H,14-16H2,1H3. The molecule has 0 aliphatic rings. The molecule has 28 heavy (non-hydrogen) atoms. The molecule has 0 saturated heterocycles. The third-order valence-electron chi connectivity index (χ3n) is 4.11. The van der Waals surface area contributed by atoms with Crippen LogP contribution in [-0.4, -0.2) is 19.7 Å². The number of rotatable bonds is 8. The van der Waals surface area contributed by atoms with E-state index in [1.54, 1.807) is 0 Å². The molecule has 146 valence electrons. The number of hydrogen-bond donors (Lipinski definition) is 0. The van der Waals surface area contributed by atoms with Crippen LogP contribution >= 0.6 is 0 Å². The van der Waals surface area contributed by atoms with Gasteiger partial charge in [0.2, 0.25) is 0 Å². The molecule has 0 bridgehead atoms. The maximum Gasteiger partial charge on any atom is 0.264 e. The Hall–Kier alpha value is -2.77. The molecule has 0 aliphatic heterocycles. The van der Waals surface area contributed by atoms with Crippen molar-refractivity contribution < 1.29 is 17.0 Å². The van der Waals surface area contributed by atoms with Crippen molar-refractivity contribution in [3.05, 3.63) is 95.4 Å². The minimum Gasteiger partial charge on any atom is -0.346 e. The summed E-state index contributed by atoms with van der Waals surface area (Å²) in [5, 5.41) is 0. The normalized spacial score (nSPS) is 11.4. The summed E-state index contributed by atoms with van der Waals surface area (Å²) in [5.41, 5.74) is 2.16. The van der Waals surface area contributed by atoms with Gasteiger partial charge >= 0.3 is 0 Å². The van der Waals surface area contributed by atoms with Crippen LogP contribution in [0.15, 0.2) is 72.9 Å². The first-order valence-electron chi connectivity index (χ1n) is 8.73. The topological polar surface area (TPSA) is 59.5 Å². The van der Waals surface area contributed by atoms with Crippen LogP contribution < -0.4 is 4.90 Å². The number of halogens is 1. The van der Waals surface area contributed by atoms with Crippen LogP contribution in [0.25, 0.3) is 0 Å². The molecule has 0 amide bonds. The Morgan fingerprint density at radius 1 is 0.929 bits per heavy atom. The molecule has 0 unspecified atom stereocenters. The second-order valence-electron chi connectivity index (χ2n) is 6.40. The Labute approximate surface area is 164 Å². The molecule has 7 heteroatoms. The first kappa shape index (κ1) is 20.0. The summed E-state index contributed by atoms with van der Waals surface area (Å²) >= 11 is 0. The molecule has 0 saturated carbocycles. The van der Waals surface area contributed by atoms with Crippen molar-refractivity contribution in [3.8, 4) is 0 Å². The molecular weight excluding hydrogens is 379 g/mol. The van der Waals surface area contributed by atoms with E-state index >= 15 is 4.39 Å². The van der Waals surface area contributed by atoms with Gasteiger partial charge in [-0.2, -0.15) is 8.42 Å². The van der Waals surface area contributed by atoms with Crippen LogP contribution in [0.2, 0.25) is 0 Å². The summed E-state index contributed by atoms with van der Waals surface area (Å²) in [7, 11) is -3.67. The van der Waals surface area contributed by atoms with Gasteiger partial charge in [0.05, 0.1) is 12.9 Å². The third kappa shape index (κ3) is 5.61. The van der Waals surface area contributed by atoms with Crippen LogP contribution in [0.4, 0.5) is 10.2 Å². The van der Waals surface area contributed by atoms with Gasteiger partial charge in [-0.1, -0.05) is 60.7 Å².